The number of fused-ring (bicyclic) bond motifs is 1. The van der Waals surface area contributed by atoms with Gasteiger partial charge in [-0.25, -0.2) is 5.06 Å². The largest absolute Gasteiger partial charge is 0.480 e. The van der Waals surface area contributed by atoms with Crippen LogP contribution in [0.5, 0.6) is 0 Å². The molecule has 5 N–H and O–H groups in total. The van der Waals surface area contributed by atoms with Gasteiger partial charge >= 0.3 is 5.97 Å². The normalized spacial score (nSPS) is 17.6. The molecule has 1 amide bonds. The van der Waals surface area contributed by atoms with Crippen molar-refractivity contribution >= 4 is 23.3 Å². The topological polar surface area (TPSA) is 159 Å². The number of carbonyl (C=O) groups is 2. The Labute approximate surface area is 130 Å². The fourth-order valence-electron chi connectivity index (χ4n) is 2.53. The van der Waals surface area contributed by atoms with Crippen molar-refractivity contribution in [1.29, 1.82) is 0 Å². The second-order valence-corrected chi connectivity index (χ2v) is 5.16. The van der Waals surface area contributed by atoms with E-state index in [0.29, 0.717) is 5.56 Å². The van der Waals surface area contributed by atoms with Crippen LogP contribution in [-0.2, 0) is 16.0 Å². The number of nitro groups is 1. The maximum absolute atomic E-state index is 11.2. The number of rotatable bonds is 7. The molecule has 1 unspecified atom stereocenters. The Balaban J connectivity index is 2.16. The predicted octanol–water partition coefficient (Wildman–Crippen LogP) is -0.0191. The van der Waals surface area contributed by atoms with E-state index in [1.807, 2.05) is 0 Å². The van der Waals surface area contributed by atoms with Crippen molar-refractivity contribution < 1.29 is 24.8 Å². The van der Waals surface area contributed by atoms with Gasteiger partial charge in [0, 0.05) is 18.9 Å². The molecule has 10 heteroatoms. The summed E-state index contributed by atoms with van der Waals surface area (Å²) in [6.07, 6.45) is -0.966. The van der Waals surface area contributed by atoms with E-state index in [-0.39, 0.29) is 30.6 Å². The number of nitro benzene ring substituents is 1. The van der Waals surface area contributed by atoms with Gasteiger partial charge in [0.15, 0.2) is 0 Å². The molecule has 1 aromatic carbocycles. The summed E-state index contributed by atoms with van der Waals surface area (Å²) >= 11 is 0. The zero-order chi connectivity index (χ0) is 17.1. The highest BCUT2D eigenvalue weighted by atomic mass is 16.6. The lowest BCUT2D eigenvalue weighted by atomic mass is 10.1. The average Bonchev–Trinajstić information content (AvgIpc) is 2.79. The summed E-state index contributed by atoms with van der Waals surface area (Å²) in [5.41, 5.74) is 5.42. The highest BCUT2D eigenvalue weighted by molar-refractivity contribution is 5.77. The molecule has 0 fully saturated rings. The lowest BCUT2D eigenvalue weighted by Crippen LogP contribution is -2.50. The zero-order valence-electron chi connectivity index (χ0n) is 12.0. The number of benzene rings is 1. The van der Waals surface area contributed by atoms with Crippen LogP contribution in [0.1, 0.15) is 18.4 Å². The van der Waals surface area contributed by atoms with Gasteiger partial charge in [-0.1, -0.05) is 6.07 Å². The maximum atomic E-state index is 11.2. The number of carboxylic acid groups (broad SMARTS) is 1. The number of nitrogens with two attached hydrogens (primary N) is 1. The summed E-state index contributed by atoms with van der Waals surface area (Å²) in [5, 5.41) is 33.8. The fourth-order valence-corrected chi connectivity index (χ4v) is 2.53. The van der Waals surface area contributed by atoms with Crippen LogP contribution in [0.3, 0.4) is 0 Å². The molecule has 0 bridgehead atoms. The van der Waals surface area contributed by atoms with Crippen molar-refractivity contribution in [3.63, 3.8) is 0 Å². The van der Waals surface area contributed by atoms with Crippen LogP contribution < -0.4 is 16.1 Å². The van der Waals surface area contributed by atoms with Gasteiger partial charge in [0.25, 0.3) is 5.69 Å². The van der Waals surface area contributed by atoms with E-state index in [0.717, 1.165) is 5.06 Å². The third-order valence-electron chi connectivity index (χ3n) is 3.63. The number of nitrogens with one attached hydrogen (secondary N) is 1. The minimum Gasteiger partial charge on any atom is -0.480 e. The van der Waals surface area contributed by atoms with E-state index in [1.165, 1.54) is 18.2 Å². The molecule has 1 aliphatic heterocycles. The Morgan fingerprint density at radius 1 is 1.52 bits per heavy atom. The number of hydrogen-bond donors (Lipinski definition) is 4. The van der Waals surface area contributed by atoms with Gasteiger partial charge < -0.3 is 10.8 Å². The van der Waals surface area contributed by atoms with Crippen LogP contribution in [-0.4, -0.2) is 39.3 Å². The first-order valence-corrected chi connectivity index (χ1v) is 6.82. The van der Waals surface area contributed by atoms with Crippen LogP contribution in [0.4, 0.5) is 11.4 Å². The maximum Gasteiger partial charge on any atom is 0.320 e. The van der Waals surface area contributed by atoms with Gasteiger partial charge in [0.05, 0.1) is 16.2 Å². The van der Waals surface area contributed by atoms with Crippen LogP contribution in [0.25, 0.3) is 0 Å². The number of nitrogens with zero attached hydrogens (tertiary/aromatic N) is 2. The molecule has 23 heavy (non-hydrogen) atoms. The van der Waals surface area contributed by atoms with E-state index in [9.17, 15) is 24.9 Å². The molecule has 1 aromatic rings. The highest BCUT2D eigenvalue weighted by Gasteiger charge is 2.36. The van der Waals surface area contributed by atoms with E-state index < -0.39 is 29.0 Å². The van der Waals surface area contributed by atoms with Crippen molar-refractivity contribution in [1.82, 2.24) is 5.32 Å². The number of primary amides is 1. The Morgan fingerprint density at radius 3 is 2.78 bits per heavy atom. The van der Waals surface area contributed by atoms with Crippen LogP contribution >= 0.6 is 0 Å². The standard InChI is InChI=1S/C13H16N4O6/c14-11(18)5-4-8(13(19)20)15-12-6-7-9(16(12)21)2-1-3-10(7)17(22)23/h1-3,8,12,15,21H,4-6H2,(H2,14,18)(H,19,20)/t8-,12?/m0/s1. The summed E-state index contributed by atoms with van der Waals surface area (Å²) in [4.78, 5) is 32.5. The number of carbonyl (C=O) groups excluding carboxylic acids is 1. The van der Waals surface area contributed by atoms with Gasteiger partial charge in [-0.3, -0.25) is 30.2 Å². The van der Waals surface area contributed by atoms with E-state index in [1.54, 1.807) is 0 Å². The van der Waals surface area contributed by atoms with E-state index in [2.05, 4.69) is 5.32 Å². The smallest absolute Gasteiger partial charge is 0.320 e. The van der Waals surface area contributed by atoms with Gasteiger partial charge in [0.1, 0.15) is 12.2 Å². The molecule has 0 radical (unpaired) electrons. The Morgan fingerprint density at radius 2 is 2.22 bits per heavy atom. The lowest BCUT2D eigenvalue weighted by molar-refractivity contribution is -0.385. The first-order chi connectivity index (χ1) is 10.8. The van der Waals surface area contributed by atoms with Crippen molar-refractivity contribution in [2.45, 2.75) is 31.5 Å². The fraction of sp³-hybridized carbons (Fsp3) is 0.385. The van der Waals surface area contributed by atoms with Gasteiger partial charge in [-0.05, 0) is 12.5 Å². The van der Waals surface area contributed by atoms with Crippen molar-refractivity contribution in [3.05, 3.63) is 33.9 Å². The molecule has 0 spiro atoms. The number of hydroxylamine groups is 1. The summed E-state index contributed by atoms with van der Waals surface area (Å²) in [5.74, 6) is -1.84. The Kier molecular flexibility index (Phi) is 4.77. The molecule has 0 saturated carbocycles. The third-order valence-corrected chi connectivity index (χ3v) is 3.63. The molecule has 124 valence electrons. The quantitative estimate of drug-likeness (QED) is 0.402. The monoisotopic (exact) mass is 324 g/mol. The van der Waals surface area contributed by atoms with Crippen molar-refractivity contribution in [2.75, 3.05) is 5.06 Å². The minimum absolute atomic E-state index is 0.0482. The molecule has 10 nitrogen and oxygen atoms in total. The molecule has 0 aliphatic carbocycles. The lowest BCUT2D eigenvalue weighted by Gasteiger charge is -2.24. The summed E-state index contributed by atoms with van der Waals surface area (Å²) in [6.45, 7) is 0. The summed E-state index contributed by atoms with van der Waals surface area (Å²) in [6, 6.07) is 3.14. The molecule has 1 aliphatic rings. The molecule has 2 rings (SSSR count). The first-order valence-electron chi connectivity index (χ1n) is 6.82. The SMILES string of the molecule is NC(=O)CC[C@H](NC1Cc2c(cccc2[N+](=O)[O-])N1O)C(=O)O. The molecule has 1 heterocycles. The number of hydrogen-bond acceptors (Lipinski definition) is 7. The van der Waals surface area contributed by atoms with Gasteiger partial charge in [0.2, 0.25) is 5.91 Å². The molecule has 2 atom stereocenters. The Hall–Kier alpha value is -2.72. The number of anilines is 1. The molecular formula is C13H16N4O6. The Bertz CT molecular complexity index is 649. The van der Waals surface area contributed by atoms with Crippen LogP contribution in [0, 0.1) is 10.1 Å². The zero-order valence-corrected chi connectivity index (χ0v) is 12.0. The summed E-state index contributed by atoms with van der Waals surface area (Å²) < 4.78 is 0. The van der Waals surface area contributed by atoms with Crippen molar-refractivity contribution in [2.24, 2.45) is 5.73 Å². The van der Waals surface area contributed by atoms with E-state index in [4.69, 9.17) is 10.8 Å². The third kappa shape index (κ3) is 3.55. The van der Waals surface area contributed by atoms with Gasteiger partial charge in [-0.15, -0.1) is 0 Å². The number of aliphatic carboxylic acids is 1. The second kappa shape index (κ2) is 6.58. The predicted molar refractivity (Wildman–Crippen MR) is 77.8 cm³/mol. The molecule has 0 aromatic heterocycles. The second-order valence-electron chi connectivity index (χ2n) is 5.16. The van der Waals surface area contributed by atoms with Crippen LogP contribution in [0.2, 0.25) is 0 Å². The first kappa shape index (κ1) is 16.6. The highest BCUT2D eigenvalue weighted by Crippen LogP contribution is 2.36. The number of carboxylic acids is 1. The van der Waals surface area contributed by atoms with Gasteiger partial charge in [-0.2, -0.15) is 0 Å². The average molecular weight is 324 g/mol. The summed E-state index contributed by atoms with van der Waals surface area (Å²) in [7, 11) is 0. The van der Waals surface area contributed by atoms with Crippen molar-refractivity contribution in [3.8, 4) is 0 Å². The molecule has 0 saturated heterocycles. The van der Waals surface area contributed by atoms with E-state index >= 15 is 0 Å². The molecular weight excluding hydrogens is 308 g/mol. The minimum atomic E-state index is -1.20. The van der Waals surface area contributed by atoms with Crippen LogP contribution in [0.15, 0.2) is 18.2 Å². The number of amides is 1.